The van der Waals surface area contributed by atoms with Gasteiger partial charge in [-0.15, -0.1) is 0 Å². The maximum absolute atomic E-state index is 11.8. The lowest BCUT2D eigenvalue weighted by atomic mass is 10.2. The fourth-order valence-electron chi connectivity index (χ4n) is 1.78. The van der Waals surface area contributed by atoms with Crippen molar-refractivity contribution >= 4 is 46.8 Å². The Morgan fingerprint density at radius 2 is 1.72 bits per heavy atom. The van der Waals surface area contributed by atoms with Gasteiger partial charge in [0.15, 0.2) is 0 Å². The molecule has 0 aliphatic carbocycles. The van der Waals surface area contributed by atoms with E-state index in [4.69, 9.17) is 23.2 Å². The molecule has 0 aliphatic rings. The van der Waals surface area contributed by atoms with Crippen molar-refractivity contribution in [2.24, 2.45) is 0 Å². The summed E-state index contributed by atoms with van der Waals surface area (Å²) in [4.78, 5) is 33.7. The summed E-state index contributed by atoms with van der Waals surface area (Å²) in [5.74, 6) is -1.12. The Kier molecular flexibility index (Phi) is 6.10. The fraction of sp³-hybridized carbons (Fsp3) is 0. The number of carbonyl (C=O) groups is 2. The summed E-state index contributed by atoms with van der Waals surface area (Å²) in [6, 6.07) is 10.2. The number of halogens is 2. The van der Waals surface area contributed by atoms with E-state index in [0.717, 1.165) is 6.08 Å². The average molecular weight is 380 g/mol. The molecule has 7 nitrogen and oxygen atoms in total. The van der Waals surface area contributed by atoms with E-state index in [9.17, 15) is 19.7 Å². The van der Waals surface area contributed by atoms with Crippen LogP contribution in [0.15, 0.2) is 48.5 Å². The van der Waals surface area contributed by atoms with Gasteiger partial charge in [0, 0.05) is 22.7 Å². The molecule has 0 bridgehead atoms. The third-order valence-corrected chi connectivity index (χ3v) is 3.57. The summed E-state index contributed by atoms with van der Waals surface area (Å²) in [6.45, 7) is 0. The number of nitrogens with zero attached hydrogens (tertiary/aromatic N) is 1. The SMILES string of the molecule is O=C(/C=C/c1ccc(Cl)c([N+](=O)[O-])c1)NNC(=O)c1ccc(Cl)cc1. The van der Waals surface area contributed by atoms with Crippen molar-refractivity contribution in [3.8, 4) is 0 Å². The van der Waals surface area contributed by atoms with Crippen molar-refractivity contribution in [3.05, 3.63) is 79.8 Å². The standard InChI is InChI=1S/C16H11Cl2N3O4/c17-12-5-3-11(4-6-12)16(23)20-19-15(22)8-2-10-1-7-13(18)14(9-10)21(24)25/h1-9H,(H,19,22)(H,20,23)/b8-2+. The van der Waals surface area contributed by atoms with Crippen LogP contribution in [0.3, 0.4) is 0 Å². The smallest absolute Gasteiger partial charge is 0.268 e. The van der Waals surface area contributed by atoms with Crippen LogP contribution < -0.4 is 10.9 Å². The van der Waals surface area contributed by atoms with Gasteiger partial charge in [0.1, 0.15) is 5.02 Å². The van der Waals surface area contributed by atoms with Crippen LogP contribution in [0, 0.1) is 10.1 Å². The van der Waals surface area contributed by atoms with Crippen LogP contribution in [0.4, 0.5) is 5.69 Å². The van der Waals surface area contributed by atoms with Crippen LogP contribution >= 0.6 is 23.2 Å². The molecule has 0 aromatic heterocycles. The number of hydrogen-bond acceptors (Lipinski definition) is 4. The summed E-state index contributed by atoms with van der Waals surface area (Å²) >= 11 is 11.4. The summed E-state index contributed by atoms with van der Waals surface area (Å²) < 4.78 is 0. The van der Waals surface area contributed by atoms with Gasteiger partial charge in [-0.2, -0.15) is 0 Å². The lowest BCUT2D eigenvalue weighted by Gasteiger charge is -2.05. The number of amides is 2. The number of nitro groups is 1. The van der Waals surface area contributed by atoms with Crippen LogP contribution in [0.1, 0.15) is 15.9 Å². The van der Waals surface area contributed by atoms with Gasteiger partial charge in [0.2, 0.25) is 0 Å². The zero-order valence-electron chi connectivity index (χ0n) is 12.5. The van der Waals surface area contributed by atoms with Gasteiger partial charge >= 0.3 is 0 Å². The second-order valence-corrected chi connectivity index (χ2v) is 5.60. The predicted octanol–water partition coefficient (Wildman–Crippen LogP) is 3.38. The summed E-state index contributed by atoms with van der Waals surface area (Å²) in [5, 5.41) is 11.3. The van der Waals surface area contributed by atoms with Crippen LogP contribution in [0.5, 0.6) is 0 Å². The Labute approximate surface area is 152 Å². The third kappa shape index (κ3) is 5.30. The van der Waals surface area contributed by atoms with Gasteiger partial charge in [-0.25, -0.2) is 0 Å². The van der Waals surface area contributed by atoms with Gasteiger partial charge in [-0.3, -0.25) is 30.6 Å². The lowest BCUT2D eigenvalue weighted by Crippen LogP contribution is -2.40. The van der Waals surface area contributed by atoms with E-state index in [-0.39, 0.29) is 10.7 Å². The van der Waals surface area contributed by atoms with Crippen molar-refractivity contribution in [3.63, 3.8) is 0 Å². The third-order valence-electron chi connectivity index (χ3n) is 3.00. The Morgan fingerprint density at radius 3 is 2.36 bits per heavy atom. The second kappa shape index (κ2) is 8.27. The molecule has 0 radical (unpaired) electrons. The first kappa shape index (κ1) is 18.4. The van der Waals surface area contributed by atoms with Crippen molar-refractivity contribution in [1.29, 1.82) is 0 Å². The highest BCUT2D eigenvalue weighted by molar-refractivity contribution is 6.32. The molecule has 2 rings (SSSR count). The van der Waals surface area contributed by atoms with Crippen LogP contribution in [0.25, 0.3) is 6.08 Å². The minimum absolute atomic E-state index is 0.00169. The van der Waals surface area contributed by atoms with E-state index in [0.29, 0.717) is 16.1 Å². The fourth-order valence-corrected chi connectivity index (χ4v) is 2.09. The number of hydrogen-bond donors (Lipinski definition) is 2. The first-order valence-corrected chi connectivity index (χ1v) is 7.60. The molecule has 2 aromatic carbocycles. The van der Waals surface area contributed by atoms with Crippen LogP contribution in [-0.4, -0.2) is 16.7 Å². The highest BCUT2D eigenvalue weighted by atomic mass is 35.5. The minimum Gasteiger partial charge on any atom is -0.268 e. The first-order valence-electron chi connectivity index (χ1n) is 6.85. The quantitative estimate of drug-likeness (QED) is 0.482. The van der Waals surface area contributed by atoms with E-state index < -0.39 is 16.7 Å². The van der Waals surface area contributed by atoms with Crippen molar-refractivity contribution in [2.45, 2.75) is 0 Å². The summed E-state index contributed by atoms with van der Waals surface area (Å²) in [6.07, 6.45) is 2.47. The van der Waals surface area contributed by atoms with Gasteiger partial charge < -0.3 is 0 Å². The first-order chi connectivity index (χ1) is 11.9. The molecule has 0 saturated heterocycles. The topological polar surface area (TPSA) is 101 Å². The highest BCUT2D eigenvalue weighted by Crippen LogP contribution is 2.25. The van der Waals surface area contributed by atoms with Crippen LogP contribution in [-0.2, 0) is 4.79 Å². The van der Waals surface area contributed by atoms with Crippen molar-refractivity contribution in [2.75, 3.05) is 0 Å². The summed E-state index contributed by atoms with van der Waals surface area (Å²) in [5.41, 5.74) is 4.90. The second-order valence-electron chi connectivity index (χ2n) is 4.75. The largest absolute Gasteiger partial charge is 0.288 e. The number of nitro benzene ring substituents is 1. The Morgan fingerprint density at radius 1 is 1.04 bits per heavy atom. The van der Waals surface area contributed by atoms with E-state index in [2.05, 4.69) is 10.9 Å². The molecule has 0 fully saturated rings. The molecular formula is C16H11Cl2N3O4. The monoisotopic (exact) mass is 379 g/mol. The number of nitrogens with one attached hydrogen (secondary N) is 2. The molecule has 128 valence electrons. The molecule has 9 heteroatoms. The zero-order chi connectivity index (χ0) is 18.4. The maximum Gasteiger partial charge on any atom is 0.288 e. The highest BCUT2D eigenvalue weighted by Gasteiger charge is 2.11. The molecule has 0 aliphatic heterocycles. The Bertz CT molecular complexity index is 851. The van der Waals surface area contributed by atoms with Gasteiger partial charge in [0.05, 0.1) is 4.92 Å². The Hall–Kier alpha value is -2.90. The van der Waals surface area contributed by atoms with Gasteiger partial charge in [0.25, 0.3) is 17.5 Å². The zero-order valence-corrected chi connectivity index (χ0v) is 14.0. The molecule has 2 N–H and O–H groups in total. The molecule has 0 atom stereocenters. The molecule has 0 unspecified atom stereocenters. The van der Waals surface area contributed by atoms with Crippen molar-refractivity contribution in [1.82, 2.24) is 10.9 Å². The molecule has 25 heavy (non-hydrogen) atoms. The number of rotatable bonds is 4. The van der Waals surface area contributed by atoms with E-state index >= 15 is 0 Å². The lowest BCUT2D eigenvalue weighted by molar-refractivity contribution is -0.384. The molecule has 0 spiro atoms. The van der Waals surface area contributed by atoms with Gasteiger partial charge in [-0.05, 0) is 42.0 Å². The molecular weight excluding hydrogens is 369 g/mol. The molecule has 0 saturated carbocycles. The number of carbonyl (C=O) groups excluding carboxylic acids is 2. The average Bonchev–Trinajstić information content (AvgIpc) is 2.59. The molecule has 0 heterocycles. The maximum atomic E-state index is 11.8. The summed E-state index contributed by atoms with van der Waals surface area (Å²) in [7, 11) is 0. The predicted molar refractivity (Wildman–Crippen MR) is 94.2 cm³/mol. The molecule has 2 aromatic rings. The molecule has 2 amide bonds. The van der Waals surface area contributed by atoms with E-state index in [1.807, 2.05) is 0 Å². The van der Waals surface area contributed by atoms with E-state index in [1.54, 1.807) is 12.1 Å². The normalized spacial score (nSPS) is 10.5. The van der Waals surface area contributed by atoms with E-state index in [1.165, 1.54) is 36.4 Å². The van der Waals surface area contributed by atoms with Crippen molar-refractivity contribution < 1.29 is 14.5 Å². The van der Waals surface area contributed by atoms with Crippen LogP contribution in [0.2, 0.25) is 10.0 Å². The van der Waals surface area contributed by atoms with Gasteiger partial charge in [-0.1, -0.05) is 29.3 Å². The number of hydrazine groups is 1. The minimum atomic E-state index is -0.619. The Balaban J connectivity index is 1.95. The number of benzene rings is 2.